The minimum Gasteiger partial charge on any atom is -0.497 e. The summed E-state index contributed by atoms with van der Waals surface area (Å²) in [6.07, 6.45) is 0.899. The number of β-amino-alcohol motifs (C(OH)–C–C–N with tert-alkyl or cyclic N) is 1. The second-order valence-electron chi connectivity index (χ2n) is 5.92. The number of rotatable bonds is 4. The van der Waals surface area contributed by atoms with Crippen molar-refractivity contribution in [2.24, 2.45) is 0 Å². The molecule has 0 aromatic heterocycles. The number of amides is 1. The Morgan fingerprint density at radius 3 is 2.52 bits per heavy atom. The van der Waals surface area contributed by atoms with Gasteiger partial charge in [0.2, 0.25) is 0 Å². The molecule has 4 heteroatoms. The molecule has 0 aliphatic carbocycles. The number of carbonyl (C=O) groups excluding carboxylic acids is 1. The van der Waals surface area contributed by atoms with Crippen LogP contribution in [0.15, 0.2) is 54.6 Å². The third-order valence-electron chi connectivity index (χ3n) is 4.30. The molecule has 2 aromatic carbocycles. The smallest absolute Gasteiger partial charge is 0.254 e. The first-order valence-electron chi connectivity index (χ1n) is 7.84. The monoisotopic (exact) mass is 311 g/mol. The number of aliphatic hydroxyl groups is 1. The van der Waals surface area contributed by atoms with Gasteiger partial charge >= 0.3 is 0 Å². The highest BCUT2D eigenvalue weighted by Crippen LogP contribution is 2.24. The largest absolute Gasteiger partial charge is 0.497 e. The van der Waals surface area contributed by atoms with E-state index >= 15 is 0 Å². The van der Waals surface area contributed by atoms with E-state index in [2.05, 4.69) is 0 Å². The number of nitrogens with zero attached hydrogens (tertiary/aromatic N) is 1. The molecule has 0 unspecified atom stereocenters. The van der Waals surface area contributed by atoms with Crippen molar-refractivity contribution in [2.45, 2.75) is 25.0 Å². The molecule has 0 saturated carbocycles. The minimum atomic E-state index is -0.453. The molecule has 0 spiro atoms. The van der Waals surface area contributed by atoms with Crippen LogP contribution in [0.3, 0.4) is 0 Å². The molecule has 1 fully saturated rings. The molecule has 1 aliphatic rings. The van der Waals surface area contributed by atoms with Gasteiger partial charge in [-0.3, -0.25) is 4.79 Å². The highest BCUT2D eigenvalue weighted by atomic mass is 16.5. The molecule has 120 valence electrons. The Kier molecular flexibility index (Phi) is 4.63. The van der Waals surface area contributed by atoms with Crippen LogP contribution >= 0.6 is 0 Å². The number of ether oxygens (including phenoxy) is 1. The molecular weight excluding hydrogens is 290 g/mol. The summed E-state index contributed by atoms with van der Waals surface area (Å²) in [6, 6.07) is 17.1. The van der Waals surface area contributed by atoms with Gasteiger partial charge in [-0.1, -0.05) is 30.3 Å². The van der Waals surface area contributed by atoms with E-state index in [0.29, 0.717) is 18.5 Å². The first-order valence-corrected chi connectivity index (χ1v) is 7.84. The molecular formula is C19H21NO3. The van der Waals surface area contributed by atoms with Gasteiger partial charge in [0, 0.05) is 18.2 Å². The van der Waals surface area contributed by atoms with Gasteiger partial charge in [0.05, 0.1) is 13.2 Å². The summed E-state index contributed by atoms with van der Waals surface area (Å²) in [4.78, 5) is 14.5. The number of likely N-dealkylation sites (tertiary alicyclic amines) is 1. The number of carbonyl (C=O) groups is 1. The van der Waals surface area contributed by atoms with E-state index in [0.717, 1.165) is 17.7 Å². The zero-order valence-electron chi connectivity index (χ0n) is 13.2. The van der Waals surface area contributed by atoms with Gasteiger partial charge in [-0.2, -0.15) is 0 Å². The Labute approximate surface area is 136 Å². The maximum Gasteiger partial charge on any atom is 0.254 e. The Morgan fingerprint density at radius 1 is 1.17 bits per heavy atom. The van der Waals surface area contributed by atoms with Crippen LogP contribution in [0.25, 0.3) is 0 Å². The Bertz CT molecular complexity index is 654. The maximum absolute atomic E-state index is 12.7. The van der Waals surface area contributed by atoms with Gasteiger partial charge in [0.25, 0.3) is 5.91 Å². The van der Waals surface area contributed by atoms with Crippen molar-refractivity contribution in [1.29, 1.82) is 0 Å². The topological polar surface area (TPSA) is 49.8 Å². The SMILES string of the molecule is COc1ccc(C[C@H]2C[C@@H](O)CN2C(=O)c2ccccc2)cc1. The van der Waals surface area contributed by atoms with Crippen LogP contribution in [-0.2, 0) is 6.42 Å². The molecule has 2 atom stereocenters. The fraction of sp³-hybridized carbons (Fsp3) is 0.316. The molecule has 1 amide bonds. The van der Waals surface area contributed by atoms with E-state index in [1.54, 1.807) is 12.0 Å². The van der Waals surface area contributed by atoms with E-state index in [9.17, 15) is 9.90 Å². The van der Waals surface area contributed by atoms with Crippen molar-refractivity contribution in [3.63, 3.8) is 0 Å². The summed E-state index contributed by atoms with van der Waals surface area (Å²) in [5.74, 6) is 0.804. The lowest BCUT2D eigenvalue weighted by molar-refractivity contribution is 0.0716. The second-order valence-corrected chi connectivity index (χ2v) is 5.92. The number of aliphatic hydroxyl groups excluding tert-OH is 1. The summed E-state index contributed by atoms with van der Waals surface area (Å²) in [5.41, 5.74) is 1.80. The molecule has 1 heterocycles. The fourth-order valence-electron chi connectivity index (χ4n) is 3.11. The van der Waals surface area contributed by atoms with Crippen molar-refractivity contribution >= 4 is 5.91 Å². The van der Waals surface area contributed by atoms with Crippen LogP contribution in [0.2, 0.25) is 0 Å². The number of methoxy groups -OCH3 is 1. The van der Waals surface area contributed by atoms with Crippen LogP contribution in [-0.4, -0.2) is 41.7 Å². The lowest BCUT2D eigenvalue weighted by Gasteiger charge is -2.24. The normalized spacial score (nSPS) is 20.5. The highest BCUT2D eigenvalue weighted by Gasteiger charge is 2.34. The van der Waals surface area contributed by atoms with Crippen molar-refractivity contribution < 1.29 is 14.6 Å². The quantitative estimate of drug-likeness (QED) is 0.944. The molecule has 2 aromatic rings. The van der Waals surface area contributed by atoms with Crippen molar-refractivity contribution in [1.82, 2.24) is 4.90 Å². The van der Waals surface area contributed by atoms with Crippen LogP contribution in [0.4, 0.5) is 0 Å². The van der Waals surface area contributed by atoms with E-state index in [1.165, 1.54) is 0 Å². The number of hydrogen-bond acceptors (Lipinski definition) is 3. The van der Waals surface area contributed by atoms with Gasteiger partial charge in [0.1, 0.15) is 5.75 Å². The lowest BCUT2D eigenvalue weighted by atomic mass is 10.0. The van der Waals surface area contributed by atoms with Gasteiger partial charge in [-0.15, -0.1) is 0 Å². The van der Waals surface area contributed by atoms with Crippen LogP contribution in [0.1, 0.15) is 22.3 Å². The molecule has 0 radical (unpaired) electrons. The molecule has 4 nitrogen and oxygen atoms in total. The first-order chi connectivity index (χ1) is 11.2. The van der Waals surface area contributed by atoms with Crippen molar-refractivity contribution in [2.75, 3.05) is 13.7 Å². The molecule has 1 saturated heterocycles. The number of hydrogen-bond donors (Lipinski definition) is 1. The molecule has 23 heavy (non-hydrogen) atoms. The van der Waals surface area contributed by atoms with Gasteiger partial charge in [0.15, 0.2) is 0 Å². The van der Waals surface area contributed by atoms with Gasteiger partial charge in [-0.05, 0) is 42.7 Å². The Hall–Kier alpha value is -2.33. The zero-order chi connectivity index (χ0) is 16.2. The summed E-state index contributed by atoms with van der Waals surface area (Å²) in [6.45, 7) is 0.397. The van der Waals surface area contributed by atoms with Crippen LogP contribution < -0.4 is 4.74 Å². The summed E-state index contributed by atoms with van der Waals surface area (Å²) in [5, 5.41) is 10.0. The second kappa shape index (κ2) is 6.84. The molecule has 1 aliphatic heterocycles. The first kappa shape index (κ1) is 15.6. The zero-order valence-corrected chi connectivity index (χ0v) is 13.2. The summed E-state index contributed by atoms with van der Waals surface area (Å²) in [7, 11) is 1.64. The van der Waals surface area contributed by atoms with Gasteiger partial charge < -0.3 is 14.7 Å². The van der Waals surface area contributed by atoms with Gasteiger partial charge in [-0.25, -0.2) is 0 Å². The summed E-state index contributed by atoms with van der Waals surface area (Å²) < 4.78 is 5.17. The van der Waals surface area contributed by atoms with E-state index in [-0.39, 0.29) is 11.9 Å². The molecule has 3 rings (SSSR count). The van der Waals surface area contributed by atoms with Crippen LogP contribution in [0, 0.1) is 0 Å². The average Bonchev–Trinajstić information content (AvgIpc) is 2.96. The van der Waals surface area contributed by atoms with Crippen LogP contribution in [0.5, 0.6) is 5.75 Å². The third kappa shape index (κ3) is 3.54. The predicted molar refractivity (Wildman–Crippen MR) is 88.6 cm³/mol. The van der Waals surface area contributed by atoms with E-state index in [1.807, 2.05) is 54.6 Å². The van der Waals surface area contributed by atoms with E-state index < -0.39 is 6.10 Å². The lowest BCUT2D eigenvalue weighted by Crippen LogP contribution is -2.37. The Morgan fingerprint density at radius 2 is 1.87 bits per heavy atom. The number of benzene rings is 2. The fourth-order valence-corrected chi connectivity index (χ4v) is 3.11. The highest BCUT2D eigenvalue weighted by molar-refractivity contribution is 5.94. The minimum absolute atomic E-state index is 0.0133. The molecule has 1 N–H and O–H groups in total. The summed E-state index contributed by atoms with van der Waals surface area (Å²) >= 11 is 0. The standard InChI is InChI=1S/C19H21NO3/c1-23-18-9-7-14(8-10-18)11-16-12-17(21)13-20(16)19(22)15-5-3-2-4-6-15/h2-10,16-17,21H,11-13H2,1H3/t16-,17+/m0/s1. The predicted octanol–water partition coefficient (Wildman–Crippen LogP) is 2.51. The van der Waals surface area contributed by atoms with Crippen molar-refractivity contribution in [3.05, 3.63) is 65.7 Å². The third-order valence-corrected chi connectivity index (χ3v) is 4.30. The molecule has 0 bridgehead atoms. The van der Waals surface area contributed by atoms with Crippen molar-refractivity contribution in [3.8, 4) is 5.75 Å². The van der Waals surface area contributed by atoms with E-state index in [4.69, 9.17) is 4.74 Å². The maximum atomic E-state index is 12.7. The average molecular weight is 311 g/mol. The Balaban J connectivity index is 1.75.